The van der Waals surface area contributed by atoms with E-state index in [0.29, 0.717) is 22.6 Å². The van der Waals surface area contributed by atoms with Crippen molar-refractivity contribution < 1.29 is 18.4 Å². The third-order valence-electron chi connectivity index (χ3n) is 3.62. The minimum absolute atomic E-state index is 0.123. The van der Waals surface area contributed by atoms with Crippen LogP contribution in [0.25, 0.3) is 6.08 Å². The van der Waals surface area contributed by atoms with Crippen LogP contribution in [0, 0.1) is 11.6 Å². The van der Waals surface area contributed by atoms with E-state index in [1.54, 1.807) is 17.5 Å². The lowest BCUT2D eigenvalue weighted by molar-refractivity contribution is -0.116. The summed E-state index contributed by atoms with van der Waals surface area (Å²) in [6.07, 6.45) is 2.63. The number of carbonyl (C=O) groups is 2. The molecule has 0 bridgehead atoms. The molecular formula is C20H15F2N3O2S. The van der Waals surface area contributed by atoms with E-state index < -0.39 is 17.5 Å². The SMILES string of the molecule is CC(=O)N(c1ccccc1)c1nc(C=CC(=O)Nc2ccc(F)cc2F)cs1. The number of aromatic nitrogens is 1. The summed E-state index contributed by atoms with van der Waals surface area (Å²) in [6.45, 7) is 1.44. The van der Waals surface area contributed by atoms with E-state index >= 15 is 0 Å². The van der Waals surface area contributed by atoms with Crippen LogP contribution in [0.5, 0.6) is 0 Å². The Morgan fingerprint density at radius 1 is 1.14 bits per heavy atom. The van der Waals surface area contributed by atoms with Gasteiger partial charge in [-0.25, -0.2) is 13.8 Å². The molecule has 1 N–H and O–H groups in total. The van der Waals surface area contributed by atoms with Gasteiger partial charge in [-0.1, -0.05) is 18.2 Å². The molecule has 0 aliphatic carbocycles. The first-order chi connectivity index (χ1) is 13.4. The third kappa shape index (κ3) is 4.66. The average Bonchev–Trinajstić information content (AvgIpc) is 3.11. The molecule has 3 rings (SSSR count). The Bertz CT molecular complexity index is 1030. The summed E-state index contributed by atoms with van der Waals surface area (Å²) >= 11 is 1.25. The van der Waals surface area contributed by atoms with Crippen molar-refractivity contribution in [2.24, 2.45) is 0 Å². The van der Waals surface area contributed by atoms with E-state index in [4.69, 9.17) is 0 Å². The van der Waals surface area contributed by atoms with E-state index in [0.717, 1.165) is 12.1 Å². The van der Waals surface area contributed by atoms with E-state index in [9.17, 15) is 18.4 Å². The highest BCUT2D eigenvalue weighted by molar-refractivity contribution is 7.14. The Labute approximate surface area is 164 Å². The third-order valence-corrected chi connectivity index (χ3v) is 4.47. The summed E-state index contributed by atoms with van der Waals surface area (Å²) in [5, 5.41) is 4.48. The van der Waals surface area contributed by atoms with Gasteiger partial charge < -0.3 is 5.32 Å². The molecule has 28 heavy (non-hydrogen) atoms. The molecule has 0 fully saturated rings. The molecule has 3 aromatic rings. The normalized spacial score (nSPS) is 10.8. The number of nitrogens with one attached hydrogen (secondary N) is 1. The number of hydrogen-bond donors (Lipinski definition) is 1. The van der Waals surface area contributed by atoms with Gasteiger partial charge in [-0.3, -0.25) is 14.5 Å². The molecule has 2 amide bonds. The molecule has 8 heteroatoms. The Kier molecular flexibility index (Phi) is 5.90. The van der Waals surface area contributed by atoms with Gasteiger partial charge in [0.2, 0.25) is 11.8 Å². The summed E-state index contributed by atoms with van der Waals surface area (Å²) in [6, 6.07) is 12.0. The number of benzene rings is 2. The van der Waals surface area contributed by atoms with Gasteiger partial charge in [-0.15, -0.1) is 11.3 Å². The molecular weight excluding hydrogens is 384 g/mol. The van der Waals surface area contributed by atoms with Crippen molar-refractivity contribution >= 4 is 45.7 Å². The van der Waals surface area contributed by atoms with Crippen LogP contribution in [0.15, 0.2) is 60.0 Å². The summed E-state index contributed by atoms with van der Waals surface area (Å²) in [5.41, 5.74) is 1.03. The number of rotatable bonds is 5. The number of thiazole rings is 1. The van der Waals surface area contributed by atoms with E-state index in [2.05, 4.69) is 10.3 Å². The first-order valence-corrected chi connectivity index (χ1v) is 9.07. The molecule has 0 aliphatic heterocycles. The van der Waals surface area contributed by atoms with E-state index in [-0.39, 0.29) is 11.6 Å². The molecule has 0 aliphatic rings. The molecule has 142 valence electrons. The van der Waals surface area contributed by atoms with Gasteiger partial charge in [0, 0.05) is 24.4 Å². The fraction of sp³-hybridized carbons (Fsp3) is 0.0500. The number of anilines is 3. The number of para-hydroxylation sites is 1. The molecule has 0 saturated heterocycles. The summed E-state index contributed by atoms with van der Waals surface area (Å²) < 4.78 is 26.5. The minimum Gasteiger partial charge on any atom is -0.320 e. The Hall–Kier alpha value is -3.39. The van der Waals surface area contributed by atoms with Crippen LogP contribution in [-0.4, -0.2) is 16.8 Å². The van der Waals surface area contributed by atoms with Crippen molar-refractivity contribution in [1.29, 1.82) is 0 Å². The second-order valence-electron chi connectivity index (χ2n) is 5.69. The van der Waals surface area contributed by atoms with Crippen LogP contribution in [-0.2, 0) is 9.59 Å². The van der Waals surface area contributed by atoms with Crippen molar-refractivity contribution in [3.05, 3.63) is 77.3 Å². The van der Waals surface area contributed by atoms with Gasteiger partial charge in [0.1, 0.15) is 11.6 Å². The Balaban J connectivity index is 1.72. The van der Waals surface area contributed by atoms with Crippen molar-refractivity contribution in [3.63, 3.8) is 0 Å². The smallest absolute Gasteiger partial charge is 0.248 e. The van der Waals surface area contributed by atoms with Gasteiger partial charge >= 0.3 is 0 Å². The lowest BCUT2D eigenvalue weighted by atomic mass is 10.3. The van der Waals surface area contributed by atoms with Gasteiger partial charge in [0.05, 0.1) is 17.1 Å². The molecule has 0 saturated carbocycles. The maximum atomic E-state index is 13.6. The fourth-order valence-electron chi connectivity index (χ4n) is 2.39. The minimum atomic E-state index is -0.863. The maximum absolute atomic E-state index is 13.6. The number of carbonyl (C=O) groups excluding carboxylic acids is 2. The fourth-order valence-corrected chi connectivity index (χ4v) is 3.24. The lowest BCUT2D eigenvalue weighted by Gasteiger charge is -2.17. The first-order valence-electron chi connectivity index (χ1n) is 8.19. The van der Waals surface area contributed by atoms with Gasteiger partial charge in [0.15, 0.2) is 5.13 Å². The van der Waals surface area contributed by atoms with Crippen LogP contribution >= 0.6 is 11.3 Å². The number of amides is 2. The van der Waals surface area contributed by atoms with Crippen LogP contribution < -0.4 is 10.2 Å². The zero-order valence-corrected chi connectivity index (χ0v) is 15.5. The number of nitrogens with zero attached hydrogens (tertiary/aromatic N) is 2. The maximum Gasteiger partial charge on any atom is 0.248 e. The van der Waals surface area contributed by atoms with E-state index in [1.807, 2.05) is 18.2 Å². The number of halogens is 2. The van der Waals surface area contributed by atoms with Crippen LogP contribution in [0.3, 0.4) is 0 Å². The lowest BCUT2D eigenvalue weighted by Crippen LogP contribution is -2.22. The van der Waals surface area contributed by atoms with Crippen molar-refractivity contribution in [3.8, 4) is 0 Å². The van der Waals surface area contributed by atoms with Crippen molar-refractivity contribution in [1.82, 2.24) is 4.98 Å². The predicted octanol–water partition coefficient (Wildman–Crippen LogP) is 4.76. The first kappa shape index (κ1) is 19.4. The highest BCUT2D eigenvalue weighted by Gasteiger charge is 2.17. The standard InChI is InChI=1S/C20H15F2N3O2S/c1-13(26)25(16-5-3-2-4-6-16)20-23-15(12-28-20)8-10-19(27)24-18-9-7-14(21)11-17(18)22/h2-12H,1H3,(H,24,27). The summed E-state index contributed by atoms with van der Waals surface area (Å²) in [5.74, 6) is -2.38. The monoisotopic (exact) mass is 399 g/mol. The van der Waals surface area contributed by atoms with Crippen LogP contribution in [0.4, 0.5) is 25.3 Å². The molecule has 0 spiro atoms. The Morgan fingerprint density at radius 2 is 1.89 bits per heavy atom. The molecule has 0 unspecified atom stereocenters. The highest BCUT2D eigenvalue weighted by atomic mass is 32.1. The molecule has 1 aromatic heterocycles. The second kappa shape index (κ2) is 8.53. The zero-order valence-electron chi connectivity index (χ0n) is 14.7. The second-order valence-corrected chi connectivity index (χ2v) is 6.53. The van der Waals surface area contributed by atoms with Gasteiger partial charge in [-0.05, 0) is 30.3 Å². The largest absolute Gasteiger partial charge is 0.320 e. The topological polar surface area (TPSA) is 62.3 Å². The molecule has 0 radical (unpaired) electrons. The molecule has 5 nitrogen and oxygen atoms in total. The van der Waals surface area contributed by atoms with E-state index in [1.165, 1.54) is 35.3 Å². The summed E-state index contributed by atoms with van der Waals surface area (Å²) in [7, 11) is 0. The predicted molar refractivity (Wildman–Crippen MR) is 105 cm³/mol. The molecule has 2 aromatic carbocycles. The van der Waals surface area contributed by atoms with Gasteiger partial charge in [0.25, 0.3) is 0 Å². The van der Waals surface area contributed by atoms with Crippen molar-refractivity contribution in [2.75, 3.05) is 10.2 Å². The van der Waals surface area contributed by atoms with Crippen LogP contribution in [0.1, 0.15) is 12.6 Å². The quantitative estimate of drug-likeness (QED) is 0.630. The zero-order chi connectivity index (χ0) is 20.1. The number of hydrogen-bond acceptors (Lipinski definition) is 4. The molecule has 0 atom stereocenters. The van der Waals surface area contributed by atoms with Crippen LogP contribution in [0.2, 0.25) is 0 Å². The Morgan fingerprint density at radius 3 is 2.57 bits per heavy atom. The summed E-state index contributed by atoms with van der Waals surface area (Å²) in [4.78, 5) is 29.8. The highest BCUT2D eigenvalue weighted by Crippen LogP contribution is 2.29. The molecule has 1 heterocycles. The van der Waals surface area contributed by atoms with Crippen molar-refractivity contribution in [2.45, 2.75) is 6.92 Å². The average molecular weight is 399 g/mol. The van der Waals surface area contributed by atoms with Gasteiger partial charge in [-0.2, -0.15) is 0 Å².